The van der Waals surface area contributed by atoms with Crippen molar-refractivity contribution in [1.82, 2.24) is 9.97 Å². The molecule has 0 radical (unpaired) electrons. The van der Waals surface area contributed by atoms with Gasteiger partial charge in [0.2, 0.25) is 5.95 Å². The van der Waals surface area contributed by atoms with Gasteiger partial charge in [0.15, 0.2) is 11.6 Å². The maximum absolute atomic E-state index is 13.2. The lowest BCUT2D eigenvalue weighted by molar-refractivity contribution is 0.617. The SMILES string of the molecule is Nc1ncc(F)c(NCCc2ccc(Cl)s2)n1. The van der Waals surface area contributed by atoms with E-state index < -0.39 is 5.82 Å². The lowest BCUT2D eigenvalue weighted by Gasteiger charge is -2.05. The molecule has 0 aliphatic rings. The van der Waals surface area contributed by atoms with Crippen molar-refractivity contribution in [3.63, 3.8) is 0 Å². The zero-order valence-corrected chi connectivity index (χ0v) is 10.4. The largest absolute Gasteiger partial charge is 0.368 e. The first-order valence-corrected chi connectivity index (χ1v) is 6.10. The summed E-state index contributed by atoms with van der Waals surface area (Å²) in [5, 5.41) is 2.87. The van der Waals surface area contributed by atoms with E-state index in [1.165, 1.54) is 11.3 Å². The Balaban J connectivity index is 1.91. The molecule has 0 aromatic carbocycles. The van der Waals surface area contributed by atoms with Gasteiger partial charge in [-0.05, 0) is 18.6 Å². The summed E-state index contributed by atoms with van der Waals surface area (Å²) in [6.07, 6.45) is 1.80. The summed E-state index contributed by atoms with van der Waals surface area (Å²) in [7, 11) is 0. The van der Waals surface area contributed by atoms with Gasteiger partial charge in [-0.15, -0.1) is 11.3 Å². The summed E-state index contributed by atoms with van der Waals surface area (Å²) in [4.78, 5) is 8.44. The lowest BCUT2D eigenvalue weighted by Crippen LogP contribution is -2.09. The quantitative estimate of drug-likeness (QED) is 0.898. The van der Waals surface area contributed by atoms with E-state index in [4.69, 9.17) is 17.3 Å². The highest BCUT2D eigenvalue weighted by Gasteiger charge is 2.05. The van der Waals surface area contributed by atoms with E-state index in [0.717, 1.165) is 21.8 Å². The number of hydrogen-bond donors (Lipinski definition) is 2. The van der Waals surface area contributed by atoms with Crippen LogP contribution in [0.15, 0.2) is 18.3 Å². The van der Waals surface area contributed by atoms with Crippen LogP contribution in [0.1, 0.15) is 4.88 Å². The Morgan fingerprint density at radius 1 is 1.47 bits per heavy atom. The highest BCUT2D eigenvalue weighted by atomic mass is 35.5. The van der Waals surface area contributed by atoms with Crippen molar-refractivity contribution in [3.8, 4) is 0 Å². The average molecular weight is 273 g/mol. The summed E-state index contributed by atoms with van der Waals surface area (Å²) in [5.41, 5.74) is 5.37. The minimum Gasteiger partial charge on any atom is -0.368 e. The van der Waals surface area contributed by atoms with E-state index in [0.29, 0.717) is 6.54 Å². The molecule has 2 heterocycles. The zero-order valence-electron chi connectivity index (χ0n) is 8.78. The summed E-state index contributed by atoms with van der Waals surface area (Å²) in [5.74, 6) is -0.336. The van der Waals surface area contributed by atoms with Crippen molar-refractivity contribution in [3.05, 3.63) is 33.4 Å². The van der Waals surface area contributed by atoms with Crippen LogP contribution < -0.4 is 11.1 Å². The molecule has 90 valence electrons. The third-order valence-electron chi connectivity index (χ3n) is 2.06. The summed E-state index contributed by atoms with van der Waals surface area (Å²) in [6.45, 7) is 0.560. The second-order valence-corrected chi connectivity index (χ2v) is 5.11. The second-order valence-electron chi connectivity index (χ2n) is 3.31. The molecule has 0 bridgehead atoms. The summed E-state index contributed by atoms with van der Waals surface area (Å²) < 4.78 is 14.0. The number of aromatic nitrogens is 2. The maximum atomic E-state index is 13.2. The first kappa shape index (κ1) is 12.1. The van der Waals surface area contributed by atoms with Crippen LogP contribution in [-0.4, -0.2) is 16.5 Å². The van der Waals surface area contributed by atoms with Gasteiger partial charge in [0.1, 0.15) is 0 Å². The van der Waals surface area contributed by atoms with Gasteiger partial charge in [-0.1, -0.05) is 11.6 Å². The highest BCUT2D eigenvalue weighted by molar-refractivity contribution is 7.16. The Bertz CT molecular complexity index is 517. The van der Waals surface area contributed by atoms with Crippen molar-refractivity contribution in [2.24, 2.45) is 0 Å². The zero-order chi connectivity index (χ0) is 12.3. The van der Waals surface area contributed by atoms with Crippen molar-refractivity contribution in [2.75, 3.05) is 17.6 Å². The Labute approximate surface area is 107 Å². The number of rotatable bonds is 4. The number of nitrogens with zero attached hydrogens (tertiary/aromatic N) is 2. The molecule has 0 spiro atoms. The fourth-order valence-corrected chi connectivity index (χ4v) is 2.38. The number of nitrogen functional groups attached to an aromatic ring is 1. The number of anilines is 2. The van der Waals surface area contributed by atoms with Crippen LogP contribution in [-0.2, 0) is 6.42 Å². The fourth-order valence-electron chi connectivity index (χ4n) is 1.29. The molecule has 0 amide bonds. The Morgan fingerprint density at radius 2 is 2.29 bits per heavy atom. The van der Waals surface area contributed by atoms with Gasteiger partial charge < -0.3 is 11.1 Å². The van der Waals surface area contributed by atoms with Crippen LogP contribution >= 0.6 is 22.9 Å². The third-order valence-corrected chi connectivity index (χ3v) is 3.35. The predicted octanol–water partition coefficient (Wildman–Crippen LogP) is 2.57. The molecule has 0 atom stereocenters. The van der Waals surface area contributed by atoms with E-state index in [9.17, 15) is 4.39 Å². The Kier molecular flexibility index (Phi) is 3.75. The predicted molar refractivity (Wildman–Crippen MR) is 67.9 cm³/mol. The summed E-state index contributed by atoms with van der Waals surface area (Å²) in [6, 6.07) is 3.78. The molecule has 0 saturated heterocycles. The minimum absolute atomic E-state index is 0.0491. The molecule has 0 unspecified atom stereocenters. The first-order valence-electron chi connectivity index (χ1n) is 4.91. The van der Waals surface area contributed by atoms with Gasteiger partial charge in [-0.25, -0.2) is 9.37 Å². The van der Waals surface area contributed by atoms with Crippen molar-refractivity contribution in [2.45, 2.75) is 6.42 Å². The molecule has 0 aliphatic heterocycles. The monoisotopic (exact) mass is 272 g/mol. The molecule has 17 heavy (non-hydrogen) atoms. The van der Waals surface area contributed by atoms with E-state index in [2.05, 4.69) is 15.3 Å². The molecule has 0 fully saturated rings. The molecule has 7 heteroatoms. The average Bonchev–Trinajstić information content (AvgIpc) is 2.69. The summed E-state index contributed by atoms with van der Waals surface area (Å²) >= 11 is 7.31. The van der Waals surface area contributed by atoms with Crippen LogP contribution in [0, 0.1) is 5.82 Å². The van der Waals surface area contributed by atoms with Gasteiger partial charge in [-0.2, -0.15) is 4.98 Å². The Morgan fingerprint density at radius 3 is 3.00 bits per heavy atom. The lowest BCUT2D eigenvalue weighted by atomic mass is 10.3. The van der Waals surface area contributed by atoms with Crippen LogP contribution in [0.3, 0.4) is 0 Å². The molecule has 2 rings (SSSR count). The van der Waals surface area contributed by atoms with Crippen LogP contribution in [0.5, 0.6) is 0 Å². The molecule has 2 aromatic rings. The third kappa shape index (κ3) is 3.28. The molecule has 3 N–H and O–H groups in total. The molecular formula is C10H10ClFN4S. The van der Waals surface area contributed by atoms with Crippen LogP contribution in [0.2, 0.25) is 4.34 Å². The normalized spacial score (nSPS) is 10.5. The van der Waals surface area contributed by atoms with Gasteiger partial charge in [0.25, 0.3) is 0 Å². The molecule has 2 aromatic heterocycles. The number of nitrogens with one attached hydrogen (secondary N) is 1. The molecule has 0 aliphatic carbocycles. The van der Waals surface area contributed by atoms with E-state index in [1.807, 2.05) is 12.1 Å². The molecular weight excluding hydrogens is 263 g/mol. The van der Waals surface area contributed by atoms with Crippen LogP contribution in [0.4, 0.5) is 16.2 Å². The number of halogens is 2. The number of nitrogens with two attached hydrogens (primary N) is 1. The van der Waals surface area contributed by atoms with Gasteiger partial charge >= 0.3 is 0 Å². The van der Waals surface area contributed by atoms with Crippen LogP contribution in [0.25, 0.3) is 0 Å². The number of hydrogen-bond acceptors (Lipinski definition) is 5. The van der Waals surface area contributed by atoms with Crippen molar-refractivity contribution < 1.29 is 4.39 Å². The Hall–Kier alpha value is -1.40. The minimum atomic E-state index is -0.511. The van der Waals surface area contributed by atoms with E-state index in [1.54, 1.807) is 0 Å². The number of thiophene rings is 1. The second kappa shape index (κ2) is 5.29. The van der Waals surface area contributed by atoms with Crippen molar-refractivity contribution in [1.29, 1.82) is 0 Å². The maximum Gasteiger partial charge on any atom is 0.222 e. The smallest absolute Gasteiger partial charge is 0.222 e. The van der Waals surface area contributed by atoms with Gasteiger partial charge in [0.05, 0.1) is 10.5 Å². The standard InChI is InChI=1S/C10H10ClFN4S/c11-8-2-1-6(17-8)3-4-14-9-7(12)5-15-10(13)16-9/h1-2,5H,3-4H2,(H3,13,14,15,16). The van der Waals surface area contributed by atoms with E-state index in [-0.39, 0.29) is 11.8 Å². The van der Waals surface area contributed by atoms with Gasteiger partial charge in [-0.3, -0.25) is 0 Å². The molecule has 4 nitrogen and oxygen atoms in total. The topological polar surface area (TPSA) is 63.8 Å². The first-order chi connectivity index (χ1) is 8.15. The van der Waals surface area contributed by atoms with Gasteiger partial charge in [0, 0.05) is 11.4 Å². The fraction of sp³-hybridized carbons (Fsp3) is 0.200. The van der Waals surface area contributed by atoms with Crippen molar-refractivity contribution >= 4 is 34.7 Å². The van der Waals surface area contributed by atoms with E-state index >= 15 is 0 Å². The highest BCUT2D eigenvalue weighted by Crippen LogP contribution is 2.21. The molecule has 0 saturated carbocycles.